The molecule has 3 aromatic rings. The fraction of sp³-hybridized carbons (Fsp3) is 0.167. The zero-order chi connectivity index (χ0) is 17.3. The number of para-hydroxylation sites is 1. The number of hydrogen-bond acceptors (Lipinski definition) is 2. The zero-order valence-electron chi connectivity index (χ0n) is 12.9. The molecule has 0 saturated heterocycles. The maximum absolute atomic E-state index is 11.4. The van der Waals surface area contributed by atoms with Crippen LogP contribution in [0.4, 0.5) is 0 Å². The summed E-state index contributed by atoms with van der Waals surface area (Å²) in [4.78, 5) is 14.7. The van der Waals surface area contributed by atoms with E-state index in [2.05, 4.69) is 20.9 Å². The topological polar surface area (TPSA) is 62.3 Å². The number of aliphatic carboxylic acids is 1. The number of hydrogen-bond donors (Lipinski definition) is 2. The van der Waals surface area contributed by atoms with Crippen LogP contribution >= 0.6 is 27.5 Å². The standard InChI is InChI=1S/C18H15BrClNO3/c1-2-24-15-7-6-10(19)8-13(15)17-12(9-16(22)23)11-4-3-5-14(20)18(11)21-17/h3-8,21H,2,9H2,1H3,(H,22,23). The van der Waals surface area contributed by atoms with Gasteiger partial charge in [0.15, 0.2) is 0 Å². The molecule has 4 nitrogen and oxygen atoms in total. The van der Waals surface area contributed by atoms with Gasteiger partial charge in [-0.3, -0.25) is 4.79 Å². The van der Waals surface area contributed by atoms with Crippen LogP contribution in [-0.2, 0) is 11.2 Å². The number of carbonyl (C=O) groups is 1. The number of ether oxygens (including phenoxy) is 1. The first-order valence-corrected chi connectivity index (χ1v) is 8.62. The predicted molar refractivity (Wildman–Crippen MR) is 99.0 cm³/mol. The van der Waals surface area contributed by atoms with Gasteiger partial charge < -0.3 is 14.8 Å². The van der Waals surface area contributed by atoms with Crippen molar-refractivity contribution in [3.8, 4) is 17.0 Å². The van der Waals surface area contributed by atoms with Crippen LogP contribution in [-0.4, -0.2) is 22.7 Å². The normalized spacial score (nSPS) is 11.0. The van der Waals surface area contributed by atoms with Crippen LogP contribution in [0, 0.1) is 0 Å². The number of carboxylic acids is 1. The average Bonchev–Trinajstić information content (AvgIpc) is 2.89. The molecule has 124 valence electrons. The molecule has 0 spiro atoms. The molecule has 3 rings (SSSR count). The van der Waals surface area contributed by atoms with E-state index in [9.17, 15) is 9.90 Å². The molecule has 0 atom stereocenters. The van der Waals surface area contributed by atoms with E-state index < -0.39 is 5.97 Å². The van der Waals surface area contributed by atoms with E-state index in [1.807, 2.05) is 37.3 Å². The SMILES string of the molecule is CCOc1ccc(Br)cc1-c1[nH]c2c(Cl)cccc2c1CC(=O)O. The van der Waals surface area contributed by atoms with E-state index in [-0.39, 0.29) is 6.42 Å². The van der Waals surface area contributed by atoms with E-state index in [1.54, 1.807) is 6.07 Å². The Morgan fingerprint density at radius 3 is 2.83 bits per heavy atom. The van der Waals surface area contributed by atoms with Gasteiger partial charge in [-0.1, -0.05) is 39.7 Å². The summed E-state index contributed by atoms with van der Waals surface area (Å²) < 4.78 is 6.59. The number of rotatable bonds is 5. The highest BCUT2D eigenvalue weighted by atomic mass is 79.9. The molecule has 0 unspecified atom stereocenters. The fourth-order valence-electron chi connectivity index (χ4n) is 2.78. The van der Waals surface area contributed by atoms with Gasteiger partial charge in [0.1, 0.15) is 5.75 Å². The maximum Gasteiger partial charge on any atom is 0.307 e. The second-order valence-corrected chi connectivity index (χ2v) is 6.61. The first-order valence-electron chi connectivity index (χ1n) is 7.44. The van der Waals surface area contributed by atoms with Crippen molar-refractivity contribution < 1.29 is 14.6 Å². The lowest BCUT2D eigenvalue weighted by atomic mass is 10.0. The molecular formula is C18H15BrClNO3. The van der Waals surface area contributed by atoms with Crippen LogP contribution < -0.4 is 4.74 Å². The molecule has 1 heterocycles. The number of carboxylic acid groups (broad SMARTS) is 1. The highest BCUT2D eigenvalue weighted by molar-refractivity contribution is 9.10. The van der Waals surface area contributed by atoms with Gasteiger partial charge in [0.05, 0.1) is 29.3 Å². The van der Waals surface area contributed by atoms with Crippen LogP contribution in [0.1, 0.15) is 12.5 Å². The van der Waals surface area contributed by atoms with Crippen molar-refractivity contribution in [3.63, 3.8) is 0 Å². The Bertz CT molecular complexity index is 920. The Balaban J connectivity index is 2.31. The van der Waals surface area contributed by atoms with Gasteiger partial charge in [-0.15, -0.1) is 0 Å². The molecule has 0 aliphatic carbocycles. The largest absolute Gasteiger partial charge is 0.493 e. The van der Waals surface area contributed by atoms with Gasteiger partial charge in [0.2, 0.25) is 0 Å². The van der Waals surface area contributed by atoms with Gasteiger partial charge in [-0.25, -0.2) is 0 Å². The summed E-state index contributed by atoms with van der Waals surface area (Å²) in [6.45, 7) is 2.43. The van der Waals surface area contributed by atoms with Gasteiger partial charge in [0.25, 0.3) is 0 Å². The molecule has 1 aromatic heterocycles. The van der Waals surface area contributed by atoms with Crippen LogP contribution in [0.3, 0.4) is 0 Å². The third kappa shape index (κ3) is 3.14. The number of nitrogens with one attached hydrogen (secondary N) is 1. The second-order valence-electron chi connectivity index (χ2n) is 5.28. The van der Waals surface area contributed by atoms with Crippen molar-refractivity contribution >= 4 is 44.4 Å². The molecule has 2 N–H and O–H groups in total. The van der Waals surface area contributed by atoms with Crippen LogP contribution in [0.2, 0.25) is 5.02 Å². The van der Waals surface area contributed by atoms with E-state index in [0.717, 1.165) is 20.9 Å². The molecule has 0 aliphatic rings. The van der Waals surface area contributed by atoms with Crippen molar-refractivity contribution in [2.24, 2.45) is 0 Å². The first-order chi connectivity index (χ1) is 11.5. The molecule has 6 heteroatoms. The van der Waals surface area contributed by atoms with Crippen molar-refractivity contribution in [2.45, 2.75) is 13.3 Å². The monoisotopic (exact) mass is 407 g/mol. The predicted octanol–water partition coefficient (Wildman–Crippen LogP) is 5.28. The lowest BCUT2D eigenvalue weighted by Crippen LogP contribution is -2.02. The van der Waals surface area contributed by atoms with Gasteiger partial charge in [0, 0.05) is 15.4 Å². The first kappa shape index (κ1) is 16.9. The number of halogens is 2. The lowest BCUT2D eigenvalue weighted by Gasteiger charge is -2.11. The van der Waals surface area contributed by atoms with E-state index in [1.165, 1.54) is 0 Å². The number of benzene rings is 2. The number of aromatic nitrogens is 1. The third-order valence-electron chi connectivity index (χ3n) is 3.73. The van der Waals surface area contributed by atoms with E-state index in [0.29, 0.717) is 28.6 Å². The summed E-state index contributed by atoms with van der Waals surface area (Å²) in [5, 5.41) is 10.7. The summed E-state index contributed by atoms with van der Waals surface area (Å²) >= 11 is 9.75. The Hall–Kier alpha value is -1.98. The minimum Gasteiger partial charge on any atom is -0.493 e. The molecule has 24 heavy (non-hydrogen) atoms. The van der Waals surface area contributed by atoms with Crippen LogP contribution in [0.15, 0.2) is 40.9 Å². The highest BCUT2D eigenvalue weighted by Gasteiger charge is 2.20. The minimum absolute atomic E-state index is 0.103. The second kappa shape index (κ2) is 6.87. The molecule has 2 aromatic carbocycles. The Kier molecular flexibility index (Phi) is 4.83. The van der Waals surface area contributed by atoms with Gasteiger partial charge in [-0.05, 0) is 36.8 Å². The van der Waals surface area contributed by atoms with Crippen molar-refractivity contribution in [2.75, 3.05) is 6.61 Å². The summed E-state index contributed by atoms with van der Waals surface area (Å²) in [5.74, 6) is -0.208. The lowest BCUT2D eigenvalue weighted by molar-refractivity contribution is -0.136. The summed E-state index contributed by atoms with van der Waals surface area (Å²) in [5.41, 5.74) is 2.94. The Labute approximate surface area is 152 Å². The van der Waals surface area contributed by atoms with E-state index in [4.69, 9.17) is 16.3 Å². The molecule has 0 bridgehead atoms. The minimum atomic E-state index is -0.898. The molecule has 0 fully saturated rings. The van der Waals surface area contributed by atoms with Crippen molar-refractivity contribution in [1.82, 2.24) is 4.98 Å². The van der Waals surface area contributed by atoms with Gasteiger partial charge in [-0.2, -0.15) is 0 Å². The Morgan fingerprint density at radius 2 is 2.12 bits per heavy atom. The molecule has 0 amide bonds. The maximum atomic E-state index is 11.4. The van der Waals surface area contributed by atoms with Crippen LogP contribution in [0.25, 0.3) is 22.2 Å². The summed E-state index contributed by atoms with van der Waals surface area (Å²) in [6.07, 6.45) is -0.103. The van der Waals surface area contributed by atoms with Crippen molar-refractivity contribution in [1.29, 1.82) is 0 Å². The Morgan fingerprint density at radius 1 is 1.33 bits per heavy atom. The quantitative estimate of drug-likeness (QED) is 0.604. The fourth-order valence-corrected chi connectivity index (χ4v) is 3.36. The number of aromatic amines is 1. The third-order valence-corrected chi connectivity index (χ3v) is 4.54. The van der Waals surface area contributed by atoms with Crippen LogP contribution in [0.5, 0.6) is 5.75 Å². The van der Waals surface area contributed by atoms with Gasteiger partial charge >= 0.3 is 5.97 Å². The molecule has 0 saturated carbocycles. The molecular weight excluding hydrogens is 394 g/mol. The summed E-state index contributed by atoms with van der Waals surface area (Å²) in [6, 6.07) is 11.1. The number of H-pyrrole nitrogens is 1. The average molecular weight is 409 g/mol. The highest BCUT2D eigenvalue weighted by Crippen LogP contribution is 2.39. The molecule has 0 radical (unpaired) electrons. The molecule has 0 aliphatic heterocycles. The zero-order valence-corrected chi connectivity index (χ0v) is 15.2. The van der Waals surface area contributed by atoms with Crippen molar-refractivity contribution in [3.05, 3.63) is 51.5 Å². The summed E-state index contributed by atoms with van der Waals surface area (Å²) in [7, 11) is 0. The number of fused-ring (bicyclic) bond motifs is 1. The van der Waals surface area contributed by atoms with E-state index >= 15 is 0 Å². The smallest absolute Gasteiger partial charge is 0.307 e.